The maximum absolute atomic E-state index is 12.0. The number of allylic oxidation sites excluding steroid dienone is 3. The molecule has 0 saturated heterocycles. The molecule has 0 aliphatic rings. The van der Waals surface area contributed by atoms with Crippen LogP contribution in [0.5, 0.6) is 0 Å². The lowest BCUT2D eigenvalue weighted by molar-refractivity contribution is -0.117. The van der Waals surface area contributed by atoms with Crippen LogP contribution in [0.3, 0.4) is 0 Å². The van der Waals surface area contributed by atoms with E-state index < -0.39 is 0 Å². The van der Waals surface area contributed by atoms with Gasteiger partial charge >= 0.3 is 0 Å². The minimum Gasteiger partial charge on any atom is -0.347 e. The standard InChI is InChI=1S/C16H18N2O2/c1-3-5-11-14(16(20)17-12-4-2)18-15(19)13-9-7-6-8-10-13/h3-11H,2,12H2,1H3,(H,17,20)(H,18,19). The van der Waals surface area contributed by atoms with Crippen molar-refractivity contribution < 1.29 is 9.59 Å². The third-order valence-electron chi connectivity index (χ3n) is 2.39. The number of hydrogen-bond acceptors (Lipinski definition) is 2. The van der Waals surface area contributed by atoms with E-state index in [1.54, 1.807) is 48.6 Å². The molecule has 0 heterocycles. The van der Waals surface area contributed by atoms with Gasteiger partial charge < -0.3 is 10.6 Å². The van der Waals surface area contributed by atoms with Gasteiger partial charge in [-0.2, -0.15) is 0 Å². The quantitative estimate of drug-likeness (QED) is 0.473. The summed E-state index contributed by atoms with van der Waals surface area (Å²) in [5, 5.41) is 5.23. The second-order valence-electron chi connectivity index (χ2n) is 3.92. The number of hydrogen-bond donors (Lipinski definition) is 2. The van der Waals surface area contributed by atoms with Crippen molar-refractivity contribution in [2.24, 2.45) is 0 Å². The van der Waals surface area contributed by atoms with Gasteiger partial charge in [0.15, 0.2) is 0 Å². The lowest BCUT2D eigenvalue weighted by Gasteiger charge is -2.09. The second kappa shape index (κ2) is 8.48. The van der Waals surface area contributed by atoms with Crippen LogP contribution in [-0.2, 0) is 4.79 Å². The summed E-state index contributed by atoms with van der Waals surface area (Å²) >= 11 is 0. The first-order chi connectivity index (χ1) is 9.69. The Kier molecular flexibility index (Phi) is 6.54. The SMILES string of the molecule is C=CCNC(=O)C(=CC=CC)NC(=O)c1ccccc1. The molecule has 2 N–H and O–H groups in total. The normalized spacial score (nSPS) is 11.2. The van der Waals surface area contributed by atoms with Crippen molar-refractivity contribution in [2.45, 2.75) is 6.92 Å². The van der Waals surface area contributed by atoms with Crippen LogP contribution in [0.1, 0.15) is 17.3 Å². The molecule has 0 saturated carbocycles. The van der Waals surface area contributed by atoms with E-state index in [-0.39, 0.29) is 17.5 Å². The summed E-state index contributed by atoms with van der Waals surface area (Å²) in [4.78, 5) is 23.9. The molecule has 4 nitrogen and oxygen atoms in total. The minimum atomic E-state index is -0.354. The number of rotatable bonds is 6. The van der Waals surface area contributed by atoms with E-state index in [0.717, 1.165) is 0 Å². The highest BCUT2D eigenvalue weighted by Gasteiger charge is 2.12. The fraction of sp³-hybridized carbons (Fsp3) is 0.125. The average Bonchev–Trinajstić information content (AvgIpc) is 2.49. The highest BCUT2D eigenvalue weighted by atomic mass is 16.2. The fourth-order valence-electron chi connectivity index (χ4n) is 1.41. The van der Waals surface area contributed by atoms with Gasteiger partial charge in [-0.25, -0.2) is 0 Å². The molecule has 20 heavy (non-hydrogen) atoms. The molecule has 0 bridgehead atoms. The summed E-state index contributed by atoms with van der Waals surface area (Å²) in [6.07, 6.45) is 6.59. The third-order valence-corrected chi connectivity index (χ3v) is 2.39. The van der Waals surface area contributed by atoms with E-state index in [1.165, 1.54) is 0 Å². The van der Waals surface area contributed by atoms with Crippen LogP contribution in [0.15, 0.2) is 66.9 Å². The van der Waals surface area contributed by atoms with Gasteiger partial charge in [0.1, 0.15) is 5.70 Å². The van der Waals surface area contributed by atoms with E-state index in [1.807, 2.05) is 13.0 Å². The molecule has 0 fully saturated rings. The Balaban J connectivity index is 2.82. The third kappa shape index (κ3) is 4.94. The number of benzene rings is 1. The molecular weight excluding hydrogens is 252 g/mol. The average molecular weight is 270 g/mol. The molecule has 0 radical (unpaired) electrons. The zero-order valence-corrected chi connectivity index (χ0v) is 11.4. The van der Waals surface area contributed by atoms with Gasteiger partial charge in [-0.3, -0.25) is 9.59 Å². The van der Waals surface area contributed by atoms with Crippen LogP contribution in [-0.4, -0.2) is 18.4 Å². The van der Waals surface area contributed by atoms with Crippen molar-refractivity contribution in [1.29, 1.82) is 0 Å². The van der Waals surface area contributed by atoms with Crippen molar-refractivity contribution in [2.75, 3.05) is 6.54 Å². The summed E-state index contributed by atoms with van der Waals surface area (Å²) in [5.41, 5.74) is 0.689. The molecule has 1 aromatic carbocycles. The van der Waals surface area contributed by atoms with E-state index >= 15 is 0 Å². The molecule has 1 rings (SSSR count). The number of carbonyl (C=O) groups is 2. The topological polar surface area (TPSA) is 58.2 Å². The zero-order chi connectivity index (χ0) is 14.8. The second-order valence-corrected chi connectivity index (χ2v) is 3.92. The van der Waals surface area contributed by atoms with Crippen molar-refractivity contribution >= 4 is 11.8 Å². The van der Waals surface area contributed by atoms with Crippen LogP contribution in [0.25, 0.3) is 0 Å². The fourth-order valence-corrected chi connectivity index (χ4v) is 1.41. The van der Waals surface area contributed by atoms with Gasteiger partial charge in [0.2, 0.25) is 0 Å². The Morgan fingerprint density at radius 3 is 2.55 bits per heavy atom. The van der Waals surface area contributed by atoms with E-state index in [2.05, 4.69) is 17.2 Å². The Morgan fingerprint density at radius 1 is 1.25 bits per heavy atom. The van der Waals surface area contributed by atoms with Crippen molar-refractivity contribution in [3.8, 4) is 0 Å². The van der Waals surface area contributed by atoms with Gasteiger partial charge in [-0.15, -0.1) is 6.58 Å². The zero-order valence-electron chi connectivity index (χ0n) is 11.4. The lowest BCUT2D eigenvalue weighted by atomic mass is 10.2. The van der Waals surface area contributed by atoms with Crippen LogP contribution in [0.4, 0.5) is 0 Å². The predicted molar refractivity (Wildman–Crippen MR) is 80.0 cm³/mol. The van der Waals surface area contributed by atoms with Crippen LogP contribution in [0, 0.1) is 0 Å². The number of carbonyl (C=O) groups excluding carboxylic acids is 2. The molecular formula is C16H18N2O2. The maximum Gasteiger partial charge on any atom is 0.268 e. The van der Waals surface area contributed by atoms with E-state index in [9.17, 15) is 9.59 Å². The van der Waals surface area contributed by atoms with Crippen LogP contribution >= 0.6 is 0 Å². The first-order valence-electron chi connectivity index (χ1n) is 6.27. The molecule has 0 aliphatic heterocycles. The Hall–Kier alpha value is -2.62. The first-order valence-corrected chi connectivity index (χ1v) is 6.27. The molecule has 2 amide bonds. The number of nitrogens with one attached hydrogen (secondary N) is 2. The first kappa shape index (κ1) is 15.4. The maximum atomic E-state index is 12.0. The van der Waals surface area contributed by atoms with Crippen molar-refractivity contribution in [3.63, 3.8) is 0 Å². The van der Waals surface area contributed by atoms with E-state index in [4.69, 9.17) is 0 Å². The van der Waals surface area contributed by atoms with Gasteiger partial charge in [-0.1, -0.05) is 36.4 Å². The minimum absolute atomic E-state index is 0.193. The van der Waals surface area contributed by atoms with Gasteiger partial charge in [0, 0.05) is 12.1 Å². The molecule has 0 unspecified atom stereocenters. The molecule has 1 aromatic rings. The highest BCUT2D eigenvalue weighted by Crippen LogP contribution is 2.00. The van der Waals surface area contributed by atoms with E-state index in [0.29, 0.717) is 12.1 Å². The van der Waals surface area contributed by atoms with Crippen LogP contribution in [0.2, 0.25) is 0 Å². The summed E-state index contributed by atoms with van der Waals surface area (Å²) in [6.45, 7) is 5.70. The smallest absolute Gasteiger partial charge is 0.268 e. The van der Waals surface area contributed by atoms with Gasteiger partial charge in [-0.05, 0) is 25.1 Å². The summed E-state index contributed by atoms with van der Waals surface area (Å²) < 4.78 is 0. The van der Waals surface area contributed by atoms with Gasteiger partial charge in [0.05, 0.1) is 0 Å². The monoisotopic (exact) mass is 270 g/mol. The van der Waals surface area contributed by atoms with Crippen molar-refractivity contribution in [1.82, 2.24) is 10.6 Å². The molecule has 104 valence electrons. The largest absolute Gasteiger partial charge is 0.347 e. The lowest BCUT2D eigenvalue weighted by Crippen LogP contribution is -2.34. The Bertz CT molecular complexity index is 531. The molecule has 0 spiro atoms. The Labute approximate surface area is 118 Å². The summed E-state index contributed by atoms with van der Waals surface area (Å²) in [7, 11) is 0. The molecule has 0 aliphatic carbocycles. The molecule has 4 heteroatoms. The van der Waals surface area contributed by atoms with Crippen molar-refractivity contribution in [3.05, 3.63) is 72.5 Å². The number of amides is 2. The predicted octanol–water partition coefficient (Wildman–Crippen LogP) is 2.18. The van der Waals surface area contributed by atoms with Crippen LogP contribution < -0.4 is 10.6 Å². The Morgan fingerprint density at radius 2 is 1.95 bits per heavy atom. The van der Waals surface area contributed by atoms with Gasteiger partial charge in [0.25, 0.3) is 11.8 Å². The summed E-state index contributed by atoms with van der Waals surface area (Å²) in [6, 6.07) is 8.72. The highest BCUT2D eigenvalue weighted by molar-refractivity contribution is 6.02. The molecule has 0 aromatic heterocycles. The molecule has 0 atom stereocenters. The summed E-state index contributed by atoms with van der Waals surface area (Å²) in [5.74, 6) is -0.678.